The molecule has 1 aliphatic carbocycles. The first-order chi connectivity index (χ1) is 6.85. The fraction of sp³-hybridized carbons (Fsp3) is 1.00. The molecular formula is C11H21NO2. The molecule has 0 atom stereocenters. The second-order valence-electron chi connectivity index (χ2n) is 4.55. The van der Waals surface area contributed by atoms with Gasteiger partial charge in [-0.05, 0) is 19.9 Å². The van der Waals surface area contributed by atoms with Gasteiger partial charge in [-0.2, -0.15) is 0 Å². The van der Waals surface area contributed by atoms with Gasteiger partial charge in [-0.3, -0.25) is 0 Å². The Morgan fingerprint density at radius 1 is 1.29 bits per heavy atom. The van der Waals surface area contributed by atoms with Gasteiger partial charge >= 0.3 is 0 Å². The Balaban J connectivity index is 1.89. The van der Waals surface area contributed by atoms with Crippen LogP contribution in [-0.2, 0) is 9.47 Å². The summed E-state index contributed by atoms with van der Waals surface area (Å²) in [5, 5.41) is 3.27. The molecular weight excluding hydrogens is 178 g/mol. The van der Waals surface area contributed by atoms with Gasteiger partial charge in [-0.25, -0.2) is 0 Å². The molecule has 1 saturated heterocycles. The Bertz CT molecular complexity index is 169. The van der Waals surface area contributed by atoms with Crippen LogP contribution < -0.4 is 5.32 Å². The monoisotopic (exact) mass is 199 g/mol. The Kier molecular flexibility index (Phi) is 3.42. The van der Waals surface area contributed by atoms with E-state index in [0.717, 1.165) is 19.8 Å². The molecule has 0 unspecified atom stereocenters. The zero-order valence-electron chi connectivity index (χ0n) is 9.05. The Morgan fingerprint density at radius 2 is 2.00 bits per heavy atom. The molecule has 0 aromatic rings. The lowest BCUT2D eigenvalue weighted by atomic mass is 9.84. The molecule has 0 aromatic heterocycles. The quantitative estimate of drug-likeness (QED) is 0.741. The van der Waals surface area contributed by atoms with Crippen LogP contribution >= 0.6 is 0 Å². The number of likely N-dealkylation sites (N-methyl/N-ethyl adjacent to an activating group) is 1. The van der Waals surface area contributed by atoms with E-state index in [9.17, 15) is 0 Å². The zero-order valence-corrected chi connectivity index (χ0v) is 9.05. The van der Waals surface area contributed by atoms with E-state index < -0.39 is 0 Å². The van der Waals surface area contributed by atoms with Crippen LogP contribution in [0.5, 0.6) is 0 Å². The molecule has 2 aliphatic rings. The maximum absolute atomic E-state index is 6.17. The lowest BCUT2D eigenvalue weighted by molar-refractivity contribution is -0.200. The van der Waals surface area contributed by atoms with Gasteiger partial charge in [0.15, 0.2) is 0 Å². The highest BCUT2D eigenvalue weighted by Crippen LogP contribution is 2.33. The maximum atomic E-state index is 6.17. The van der Waals surface area contributed by atoms with Crippen LogP contribution in [0, 0.1) is 0 Å². The van der Waals surface area contributed by atoms with Crippen molar-refractivity contribution in [2.75, 3.05) is 26.8 Å². The summed E-state index contributed by atoms with van der Waals surface area (Å²) in [6, 6.07) is 0. The summed E-state index contributed by atoms with van der Waals surface area (Å²) >= 11 is 0. The van der Waals surface area contributed by atoms with Crippen molar-refractivity contribution in [1.29, 1.82) is 0 Å². The van der Waals surface area contributed by atoms with Gasteiger partial charge in [0.2, 0.25) is 0 Å². The first kappa shape index (κ1) is 10.4. The van der Waals surface area contributed by atoms with Gasteiger partial charge in [-0.15, -0.1) is 0 Å². The van der Waals surface area contributed by atoms with E-state index in [2.05, 4.69) is 5.32 Å². The molecule has 1 N–H and O–H groups in total. The maximum Gasteiger partial charge on any atom is 0.105 e. The van der Waals surface area contributed by atoms with Crippen molar-refractivity contribution in [3.63, 3.8) is 0 Å². The molecule has 14 heavy (non-hydrogen) atoms. The van der Waals surface area contributed by atoms with Crippen molar-refractivity contribution in [1.82, 2.24) is 5.32 Å². The highest BCUT2D eigenvalue weighted by molar-refractivity contribution is 4.88. The van der Waals surface area contributed by atoms with E-state index in [1.807, 2.05) is 7.05 Å². The van der Waals surface area contributed by atoms with Crippen LogP contribution in [0.2, 0.25) is 0 Å². The topological polar surface area (TPSA) is 30.5 Å². The van der Waals surface area contributed by atoms with Gasteiger partial charge < -0.3 is 14.8 Å². The van der Waals surface area contributed by atoms with E-state index in [4.69, 9.17) is 9.47 Å². The first-order valence-corrected chi connectivity index (χ1v) is 5.75. The minimum Gasteiger partial charge on any atom is -0.376 e. The van der Waals surface area contributed by atoms with Gasteiger partial charge in [-0.1, -0.05) is 19.3 Å². The predicted molar refractivity (Wildman–Crippen MR) is 55.4 cm³/mol. The standard InChI is InChI=1S/C11H21NO2/c1-12-9-11(5-3-2-4-6-11)14-10-7-13-8-10/h10,12H,2-9H2,1H3. The van der Waals surface area contributed by atoms with Crippen LogP contribution in [0.4, 0.5) is 0 Å². The zero-order chi connectivity index (χ0) is 9.86. The SMILES string of the molecule is CNCC1(OC2COC2)CCCCC1. The smallest absolute Gasteiger partial charge is 0.105 e. The third-order valence-corrected chi connectivity index (χ3v) is 3.29. The van der Waals surface area contributed by atoms with Crippen LogP contribution in [0.15, 0.2) is 0 Å². The molecule has 1 aliphatic heterocycles. The molecule has 0 spiro atoms. The number of hydrogen-bond acceptors (Lipinski definition) is 3. The summed E-state index contributed by atoms with van der Waals surface area (Å²) < 4.78 is 11.3. The van der Waals surface area contributed by atoms with Crippen LogP contribution in [-0.4, -0.2) is 38.5 Å². The highest BCUT2D eigenvalue weighted by Gasteiger charge is 2.36. The fourth-order valence-corrected chi connectivity index (χ4v) is 2.49. The van der Waals surface area contributed by atoms with Crippen LogP contribution in [0.1, 0.15) is 32.1 Å². The minimum absolute atomic E-state index is 0.113. The molecule has 1 heterocycles. The Labute approximate surface area is 86.2 Å². The molecule has 1 saturated carbocycles. The third kappa shape index (κ3) is 2.27. The van der Waals surface area contributed by atoms with Crippen molar-refractivity contribution in [2.45, 2.75) is 43.8 Å². The average Bonchev–Trinajstić information content (AvgIpc) is 2.14. The van der Waals surface area contributed by atoms with Gasteiger partial charge in [0.05, 0.1) is 18.8 Å². The van der Waals surface area contributed by atoms with E-state index in [0.29, 0.717) is 6.10 Å². The van der Waals surface area contributed by atoms with E-state index in [1.54, 1.807) is 0 Å². The number of ether oxygens (including phenoxy) is 2. The molecule has 3 heteroatoms. The summed E-state index contributed by atoms with van der Waals surface area (Å²) in [6.07, 6.45) is 6.79. The van der Waals surface area contributed by atoms with Crippen molar-refractivity contribution >= 4 is 0 Å². The number of nitrogens with one attached hydrogen (secondary N) is 1. The second-order valence-corrected chi connectivity index (χ2v) is 4.55. The number of hydrogen-bond donors (Lipinski definition) is 1. The van der Waals surface area contributed by atoms with Crippen LogP contribution in [0.3, 0.4) is 0 Å². The third-order valence-electron chi connectivity index (χ3n) is 3.29. The summed E-state index contributed by atoms with van der Waals surface area (Å²) in [6.45, 7) is 2.58. The lowest BCUT2D eigenvalue weighted by Crippen LogP contribution is -2.50. The van der Waals surface area contributed by atoms with E-state index in [-0.39, 0.29) is 5.60 Å². The number of rotatable bonds is 4. The molecule has 0 bridgehead atoms. The summed E-state index contributed by atoms with van der Waals surface area (Å²) in [5.41, 5.74) is 0.113. The van der Waals surface area contributed by atoms with Gasteiger partial charge in [0.25, 0.3) is 0 Å². The van der Waals surface area contributed by atoms with Gasteiger partial charge in [0, 0.05) is 6.54 Å². The van der Waals surface area contributed by atoms with Gasteiger partial charge in [0.1, 0.15) is 6.10 Å². The summed E-state index contributed by atoms with van der Waals surface area (Å²) in [4.78, 5) is 0. The first-order valence-electron chi connectivity index (χ1n) is 5.75. The molecule has 2 rings (SSSR count). The highest BCUT2D eigenvalue weighted by atomic mass is 16.6. The molecule has 82 valence electrons. The summed E-state index contributed by atoms with van der Waals surface area (Å²) in [5.74, 6) is 0. The van der Waals surface area contributed by atoms with E-state index >= 15 is 0 Å². The molecule has 0 radical (unpaired) electrons. The second kappa shape index (κ2) is 4.60. The predicted octanol–water partition coefficient (Wildman–Crippen LogP) is 1.32. The van der Waals surface area contributed by atoms with Crippen molar-refractivity contribution in [3.8, 4) is 0 Å². The Morgan fingerprint density at radius 3 is 2.50 bits per heavy atom. The lowest BCUT2D eigenvalue weighted by Gasteiger charge is -2.42. The fourth-order valence-electron chi connectivity index (χ4n) is 2.49. The average molecular weight is 199 g/mol. The normalized spacial score (nSPS) is 27.2. The minimum atomic E-state index is 0.113. The van der Waals surface area contributed by atoms with Crippen molar-refractivity contribution in [2.24, 2.45) is 0 Å². The largest absolute Gasteiger partial charge is 0.376 e. The summed E-state index contributed by atoms with van der Waals surface area (Å²) in [7, 11) is 2.01. The molecule has 2 fully saturated rings. The molecule has 0 amide bonds. The molecule has 3 nitrogen and oxygen atoms in total. The molecule has 0 aromatic carbocycles. The van der Waals surface area contributed by atoms with Crippen molar-refractivity contribution in [3.05, 3.63) is 0 Å². The Hall–Kier alpha value is -0.120. The van der Waals surface area contributed by atoms with Crippen LogP contribution in [0.25, 0.3) is 0 Å². The van der Waals surface area contributed by atoms with E-state index in [1.165, 1.54) is 32.1 Å². The van der Waals surface area contributed by atoms with Crippen molar-refractivity contribution < 1.29 is 9.47 Å².